The minimum absolute atomic E-state index is 0.0508. The van der Waals surface area contributed by atoms with Crippen molar-refractivity contribution in [3.05, 3.63) is 55.8 Å². The van der Waals surface area contributed by atoms with Crippen molar-refractivity contribution in [1.29, 1.82) is 0 Å². The zero-order valence-electron chi connectivity index (χ0n) is 15.3. The van der Waals surface area contributed by atoms with Crippen molar-refractivity contribution >= 4 is 22.7 Å². The molecule has 142 valence electrons. The Labute approximate surface area is 159 Å². The number of hydrogen-bond donors (Lipinski definition) is 1. The molecule has 0 spiro atoms. The van der Waals surface area contributed by atoms with Gasteiger partial charge in [-0.25, -0.2) is 14.7 Å². The van der Waals surface area contributed by atoms with Crippen LogP contribution in [-0.4, -0.2) is 27.5 Å². The van der Waals surface area contributed by atoms with Crippen LogP contribution in [0.4, 0.5) is 0 Å². The summed E-state index contributed by atoms with van der Waals surface area (Å²) in [6.45, 7) is 5.17. The van der Waals surface area contributed by atoms with Gasteiger partial charge in [0, 0.05) is 23.8 Å². The number of H-pyrrole nitrogens is 1. The first-order valence-corrected chi connectivity index (χ1v) is 9.94. The number of rotatable bonds is 5. The van der Waals surface area contributed by atoms with E-state index in [0.29, 0.717) is 23.0 Å². The molecule has 0 aliphatic carbocycles. The van der Waals surface area contributed by atoms with E-state index < -0.39 is 0 Å². The second kappa shape index (κ2) is 7.36. The second-order valence-electron chi connectivity index (χ2n) is 6.82. The molecule has 27 heavy (non-hydrogen) atoms. The Morgan fingerprint density at radius 1 is 1.33 bits per heavy atom. The minimum atomic E-state index is -0.370. The number of aromatic amines is 1. The van der Waals surface area contributed by atoms with Crippen LogP contribution < -0.4 is 11.3 Å². The van der Waals surface area contributed by atoms with E-state index >= 15 is 0 Å². The Hall–Kier alpha value is -2.32. The fourth-order valence-electron chi connectivity index (χ4n) is 3.35. The summed E-state index contributed by atoms with van der Waals surface area (Å²) in [5.74, 6) is 0.514. The molecule has 1 aromatic carbocycles. The molecule has 1 unspecified atom stereocenters. The van der Waals surface area contributed by atoms with Gasteiger partial charge in [-0.1, -0.05) is 23.9 Å². The molecule has 1 N–H and O–H groups in total. The van der Waals surface area contributed by atoms with E-state index in [9.17, 15) is 9.59 Å². The lowest BCUT2D eigenvalue weighted by Gasteiger charge is -2.11. The van der Waals surface area contributed by atoms with E-state index in [2.05, 4.69) is 10.2 Å². The van der Waals surface area contributed by atoms with Crippen LogP contribution >= 0.6 is 11.8 Å². The predicted octanol–water partition coefficient (Wildman–Crippen LogP) is 2.77. The zero-order valence-corrected chi connectivity index (χ0v) is 16.1. The number of fused-ring (bicyclic) bond motifs is 1. The summed E-state index contributed by atoms with van der Waals surface area (Å²) in [6.07, 6.45) is 2.02. The fourth-order valence-corrected chi connectivity index (χ4v) is 4.30. The number of benzene rings is 1. The van der Waals surface area contributed by atoms with Gasteiger partial charge in [0.25, 0.3) is 0 Å². The van der Waals surface area contributed by atoms with E-state index in [0.717, 1.165) is 41.5 Å². The van der Waals surface area contributed by atoms with E-state index in [1.807, 2.05) is 26.0 Å². The molecule has 4 rings (SSSR count). The molecule has 0 bridgehead atoms. The Morgan fingerprint density at radius 3 is 2.96 bits per heavy atom. The largest absolute Gasteiger partial charge is 0.422 e. The number of aryl methyl sites for hydroxylation is 2. The summed E-state index contributed by atoms with van der Waals surface area (Å²) >= 11 is 1.42. The van der Waals surface area contributed by atoms with Crippen molar-refractivity contribution in [3.63, 3.8) is 0 Å². The van der Waals surface area contributed by atoms with Gasteiger partial charge in [0.1, 0.15) is 5.58 Å². The van der Waals surface area contributed by atoms with Crippen LogP contribution in [0, 0.1) is 13.8 Å². The number of nitrogens with zero attached hydrogens (tertiary/aromatic N) is 2. The van der Waals surface area contributed by atoms with Gasteiger partial charge in [-0.05, 0) is 43.4 Å². The highest BCUT2D eigenvalue weighted by Crippen LogP contribution is 2.28. The quantitative estimate of drug-likeness (QED) is 0.535. The highest BCUT2D eigenvalue weighted by Gasteiger charge is 2.20. The van der Waals surface area contributed by atoms with Gasteiger partial charge in [-0.3, -0.25) is 4.57 Å². The standard InChI is InChI=1S/C19H21N3O4S/c1-11-5-6-15-13(8-16(23)26-17(15)12(11)2)10-27-19-21-20-18(24)22(19)9-14-4-3-7-25-14/h5-6,8,14H,3-4,7,9-10H2,1-2H3,(H,20,24). The van der Waals surface area contributed by atoms with Gasteiger partial charge >= 0.3 is 11.3 Å². The first-order valence-electron chi connectivity index (χ1n) is 8.95. The topological polar surface area (TPSA) is 90.1 Å². The van der Waals surface area contributed by atoms with Crippen LogP contribution in [0.3, 0.4) is 0 Å². The Morgan fingerprint density at radius 2 is 2.19 bits per heavy atom. The van der Waals surface area contributed by atoms with Crippen LogP contribution in [-0.2, 0) is 17.0 Å². The van der Waals surface area contributed by atoms with Crippen LogP contribution in [0.15, 0.2) is 37.4 Å². The van der Waals surface area contributed by atoms with E-state index in [1.165, 1.54) is 17.8 Å². The highest BCUT2D eigenvalue weighted by atomic mass is 32.2. The Kier molecular flexibility index (Phi) is 4.92. The van der Waals surface area contributed by atoms with Crippen LogP contribution in [0.25, 0.3) is 11.0 Å². The van der Waals surface area contributed by atoms with Crippen molar-refractivity contribution in [1.82, 2.24) is 14.8 Å². The molecule has 0 radical (unpaired) electrons. The number of thioether (sulfide) groups is 1. The number of hydrogen-bond acceptors (Lipinski definition) is 6. The van der Waals surface area contributed by atoms with Crippen LogP contribution in [0.1, 0.15) is 29.5 Å². The monoisotopic (exact) mass is 387 g/mol. The molecule has 3 heterocycles. The number of nitrogens with one attached hydrogen (secondary N) is 1. The molecule has 1 aliphatic rings. The van der Waals surface area contributed by atoms with Gasteiger partial charge in [-0.15, -0.1) is 5.10 Å². The summed E-state index contributed by atoms with van der Waals surface area (Å²) in [7, 11) is 0. The molecule has 0 amide bonds. The predicted molar refractivity (Wildman–Crippen MR) is 103 cm³/mol. The van der Waals surface area contributed by atoms with Gasteiger partial charge in [0.2, 0.25) is 0 Å². The third-order valence-electron chi connectivity index (χ3n) is 5.01. The van der Waals surface area contributed by atoms with Gasteiger partial charge < -0.3 is 9.15 Å². The summed E-state index contributed by atoms with van der Waals surface area (Å²) in [6, 6.07) is 5.51. The molecular formula is C19H21N3O4S. The summed E-state index contributed by atoms with van der Waals surface area (Å²) in [5, 5.41) is 8.16. The first-order chi connectivity index (χ1) is 13.0. The van der Waals surface area contributed by atoms with Crippen molar-refractivity contribution < 1.29 is 9.15 Å². The Bertz CT molecular complexity index is 1090. The van der Waals surface area contributed by atoms with Crippen LogP contribution in [0.5, 0.6) is 0 Å². The number of aromatic nitrogens is 3. The number of ether oxygens (including phenoxy) is 1. The normalized spacial score (nSPS) is 17.0. The smallest absolute Gasteiger partial charge is 0.344 e. The second-order valence-corrected chi connectivity index (χ2v) is 7.76. The Balaban J connectivity index is 1.62. The minimum Gasteiger partial charge on any atom is -0.422 e. The lowest BCUT2D eigenvalue weighted by atomic mass is 10.0. The summed E-state index contributed by atoms with van der Waals surface area (Å²) < 4.78 is 12.7. The fraction of sp³-hybridized carbons (Fsp3) is 0.421. The molecular weight excluding hydrogens is 366 g/mol. The maximum Gasteiger partial charge on any atom is 0.344 e. The summed E-state index contributed by atoms with van der Waals surface area (Å²) in [5.41, 5.74) is 2.92. The average Bonchev–Trinajstić information content (AvgIpc) is 3.28. The van der Waals surface area contributed by atoms with Gasteiger partial charge in [0.05, 0.1) is 12.6 Å². The van der Waals surface area contributed by atoms with E-state index in [1.54, 1.807) is 4.57 Å². The van der Waals surface area contributed by atoms with Crippen molar-refractivity contribution in [2.75, 3.05) is 6.61 Å². The van der Waals surface area contributed by atoms with E-state index in [-0.39, 0.29) is 17.4 Å². The SMILES string of the molecule is Cc1ccc2c(CSc3n[nH]c(=O)n3CC3CCCO3)cc(=O)oc2c1C. The lowest BCUT2D eigenvalue weighted by molar-refractivity contribution is 0.0941. The van der Waals surface area contributed by atoms with Gasteiger partial charge in [-0.2, -0.15) is 0 Å². The highest BCUT2D eigenvalue weighted by molar-refractivity contribution is 7.98. The van der Waals surface area contributed by atoms with Crippen LogP contribution in [0.2, 0.25) is 0 Å². The molecule has 1 fully saturated rings. The first kappa shape index (κ1) is 18.1. The molecule has 1 saturated heterocycles. The van der Waals surface area contributed by atoms with Crippen molar-refractivity contribution in [2.24, 2.45) is 0 Å². The average molecular weight is 387 g/mol. The van der Waals surface area contributed by atoms with Crippen molar-refractivity contribution in [2.45, 2.75) is 50.2 Å². The molecule has 0 saturated carbocycles. The maximum absolute atomic E-state index is 12.1. The third kappa shape index (κ3) is 3.59. The molecule has 7 nitrogen and oxygen atoms in total. The van der Waals surface area contributed by atoms with Crippen molar-refractivity contribution in [3.8, 4) is 0 Å². The van der Waals surface area contributed by atoms with Gasteiger partial charge in [0.15, 0.2) is 5.16 Å². The summed E-state index contributed by atoms with van der Waals surface area (Å²) in [4.78, 5) is 24.1. The molecule has 1 atom stereocenters. The molecule has 8 heteroatoms. The lowest BCUT2D eigenvalue weighted by Crippen LogP contribution is -2.24. The van der Waals surface area contributed by atoms with E-state index in [4.69, 9.17) is 9.15 Å². The third-order valence-corrected chi connectivity index (χ3v) is 6.03. The molecule has 1 aliphatic heterocycles. The molecule has 2 aromatic heterocycles. The molecule has 3 aromatic rings. The maximum atomic E-state index is 12.1. The zero-order chi connectivity index (χ0) is 19.0.